The van der Waals surface area contributed by atoms with Gasteiger partial charge in [-0.05, 0) is 49.3 Å². The van der Waals surface area contributed by atoms with Crippen molar-refractivity contribution in [1.29, 1.82) is 0 Å². The number of aryl methyl sites for hydroxylation is 1. The summed E-state index contributed by atoms with van der Waals surface area (Å²) in [5.41, 5.74) is 4.74. The number of nitrogens with one attached hydrogen (secondary N) is 2. The second kappa shape index (κ2) is 10.8. The fourth-order valence-electron chi connectivity index (χ4n) is 4.14. The Labute approximate surface area is 205 Å². The third-order valence-corrected chi connectivity index (χ3v) is 7.11. The van der Waals surface area contributed by atoms with Crippen LogP contribution in [0.15, 0.2) is 53.9 Å². The van der Waals surface area contributed by atoms with Gasteiger partial charge in [0.25, 0.3) is 5.91 Å². The van der Waals surface area contributed by atoms with Crippen LogP contribution in [0.2, 0.25) is 0 Å². The molecule has 3 amide bonds. The number of carbonyl (C=O) groups excluding carboxylic acids is 2. The highest BCUT2D eigenvalue weighted by molar-refractivity contribution is 7.13. The summed E-state index contributed by atoms with van der Waals surface area (Å²) in [5.74, 6) is 0.677. The number of carbonyl (C=O) groups is 2. The fraction of sp³-hybridized carbons (Fsp3) is 0.370. The lowest BCUT2D eigenvalue weighted by Crippen LogP contribution is -2.44. The standard InChI is InChI=1S/C27H32N4O2S/c1-18(2)21-8-10-22(11-9-21)25-30-24(17-34-25)26(32)31-14-4-5-20(16-31)15-28-27(33)29-23-12-6-19(3)7-13-23/h6-13,17-18,20H,4-5,14-16H2,1-3H3,(H2,28,29,33). The number of amides is 3. The van der Waals surface area contributed by atoms with Gasteiger partial charge in [0.15, 0.2) is 0 Å². The third-order valence-electron chi connectivity index (χ3n) is 6.21. The van der Waals surface area contributed by atoms with E-state index in [4.69, 9.17) is 0 Å². The van der Waals surface area contributed by atoms with Crippen molar-refractivity contribution in [2.24, 2.45) is 5.92 Å². The molecule has 2 heterocycles. The summed E-state index contributed by atoms with van der Waals surface area (Å²) < 4.78 is 0. The van der Waals surface area contributed by atoms with E-state index in [2.05, 4.69) is 53.7 Å². The SMILES string of the molecule is Cc1ccc(NC(=O)NCC2CCCN(C(=O)c3csc(-c4ccc(C(C)C)cc4)n3)C2)cc1. The van der Waals surface area contributed by atoms with Crippen molar-refractivity contribution >= 4 is 29.0 Å². The normalized spacial score (nSPS) is 15.9. The van der Waals surface area contributed by atoms with E-state index in [1.54, 1.807) is 0 Å². The number of likely N-dealkylation sites (tertiary alicyclic amines) is 1. The van der Waals surface area contributed by atoms with Crippen LogP contribution < -0.4 is 10.6 Å². The third kappa shape index (κ3) is 6.03. The molecular weight excluding hydrogens is 444 g/mol. The van der Waals surface area contributed by atoms with Crippen LogP contribution in [0.4, 0.5) is 10.5 Å². The van der Waals surface area contributed by atoms with Gasteiger partial charge in [-0.2, -0.15) is 0 Å². The summed E-state index contributed by atoms with van der Waals surface area (Å²) in [6.07, 6.45) is 1.91. The molecule has 2 N–H and O–H groups in total. The summed E-state index contributed by atoms with van der Waals surface area (Å²) in [5, 5.41) is 8.52. The molecule has 0 saturated carbocycles. The molecule has 4 rings (SSSR count). The summed E-state index contributed by atoms with van der Waals surface area (Å²) in [6, 6.07) is 15.9. The van der Waals surface area contributed by atoms with Crippen molar-refractivity contribution in [3.05, 3.63) is 70.7 Å². The Bertz CT molecular complexity index is 1120. The maximum Gasteiger partial charge on any atom is 0.319 e. The Morgan fingerprint density at radius 3 is 2.56 bits per heavy atom. The number of anilines is 1. The molecule has 1 unspecified atom stereocenters. The van der Waals surface area contributed by atoms with Gasteiger partial charge in [-0.25, -0.2) is 9.78 Å². The largest absolute Gasteiger partial charge is 0.338 e. The molecular formula is C27H32N4O2S. The van der Waals surface area contributed by atoms with Gasteiger partial charge < -0.3 is 15.5 Å². The molecule has 1 fully saturated rings. The van der Waals surface area contributed by atoms with Gasteiger partial charge in [0.05, 0.1) is 0 Å². The molecule has 2 aromatic carbocycles. The van der Waals surface area contributed by atoms with Crippen molar-refractivity contribution in [1.82, 2.24) is 15.2 Å². The van der Waals surface area contributed by atoms with Crippen LogP contribution in [0, 0.1) is 12.8 Å². The lowest BCUT2D eigenvalue weighted by molar-refractivity contribution is 0.0670. The van der Waals surface area contributed by atoms with Gasteiger partial charge in [-0.1, -0.05) is 55.8 Å². The average molecular weight is 477 g/mol. The van der Waals surface area contributed by atoms with E-state index >= 15 is 0 Å². The summed E-state index contributed by atoms with van der Waals surface area (Å²) >= 11 is 1.50. The Morgan fingerprint density at radius 2 is 1.85 bits per heavy atom. The van der Waals surface area contributed by atoms with E-state index < -0.39 is 0 Å². The zero-order chi connectivity index (χ0) is 24.1. The average Bonchev–Trinajstić information content (AvgIpc) is 3.34. The maximum absolute atomic E-state index is 13.1. The van der Waals surface area contributed by atoms with E-state index in [0.717, 1.165) is 41.2 Å². The van der Waals surface area contributed by atoms with Gasteiger partial charge >= 0.3 is 6.03 Å². The van der Waals surface area contributed by atoms with Crippen LogP contribution >= 0.6 is 11.3 Å². The number of aromatic nitrogens is 1. The van der Waals surface area contributed by atoms with Crippen molar-refractivity contribution in [3.63, 3.8) is 0 Å². The predicted octanol–water partition coefficient (Wildman–Crippen LogP) is 5.92. The number of benzene rings is 2. The topological polar surface area (TPSA) is 74.3 Å². The lowest BCUT2D eigenvalue weighted by atomic mass is 9.98. The van der Waals surface area contributed by atoms with E-state index in [-0.39, 0.29) is 17.9 Å². The molecule has 6 nitrogen and oxygen atoms in total. The van der Waals surface area contributed by atoms with Gasteiger partial charge in [-0.3, -0.25) is 4.79 Å². The Balaban J connectivity index is 1.31. The number of piperidine rings is 1. The molecule has 1 aliphatic rings. The highest BCUT2D eigenvalue weighted by atomic mass is 32.1. The van der Waals surface area contributed by atoms with Crippen LogP contribution in [0.25, 0.3) is 10.6 Å². The number of hydrogen-bond donors (Lipinski definition) is 2. The fourth-order valence-corrected chi connectivity index (χ4v) is 4.94. The van der Waals surface area contributed by atoms with Crippen LogP contribution in [0.3, 0.4) is 0 Å². The van der Waals surface area contributed by atoms with Gasteiger partial charge in [0, 0.05) is 36.3 Å². The molecule has 7 heteroatoms. The van der Waals surface area contributed by atoms with Crippen molar-refractivity contribution < 1.29 is 9.59 Å². The second-order valence-corrected chi connectivity index (χ2v) is 10.1. The molecule has 1 aromatic heterocycles. The lowest BCUT2D eigenvalue weighted by Gasteiger charge is -2.32. The molecule has 0 bridgehead atoms. The molecule has 178 valence electrons. The van der Waals surface area contributed by atoms with E-state index in [1.807, 2.05) is 41.5 Å². The quantitative estimate of drug-likeness (QED) is 0.464. The molecule has 34 heavy (non-hydrogen) atoms. The second-order valence-electron chi connectivity index (χ2n) is 9.28. The van der Waals surface area contributed by atoms with Gasteiger partial charge in [0.2, 0.25) is 0 Å². The zero-order valence-electron chi connectivity index (χ0n) is 20.0. The minimum atomic E-state index is -0.222. The van der Waals surface area contributed by atoms with Crippen LogP contribution in [-0.4, -0.2) is 41.5 Å². The van der Waals surface area contributed by atoms with Gasteiger partial charge in [-0.15, -0.1) is 11.3 Å². The summed E-state index contributed by atoms with van der Waals surface area (Å²) in [4.78, 5) is 31.9. The summed E-state index contributed by atoms with van der Waals surface area (Å²) in [6.45, 7) is 8.24. The van der Waals surface area contributed by atoms with Crippen LogP contribution in [-0.2, 0) is 0 Å². The van der Waals surface area contributed by atoms with Crippen LogP contribution in [0.5, 0.6) is 0 Å². The minimum Gasteiger partial charge on any atom is -0.338 e. The molecule has 0 spiro atoms. The number of nitrogens with zero attached hydrogens (tertiary/aromatic N) is 2. The Hall–Kier alpha value is -3.19. The molecule has 0 aliphatic carbocycles. The van der Waals surface area contributed by atoms with E-state index in [0.29, 0.717) is 24.7 Å². The first-order chi connectivity index (χ1) is 16.4. The zero-order valence-corrected chi connectivity index (χ0v) is 20.8. The highest BCUT2D eigenvalue weighted by Crippen LogP contribution is 2.27. The highest BCUT2D eigenvalue weighted by Gasteiger charge is 2.26. The van der Waals surface area contributed by atoms with Gasteiger partial charge in [0.1, 0.15) is 10.7 Å². The number of rotatable bonds is 6. The molecule has 3 aromatic rings. The molecule has 1 saturated heterocycles. The first-order valence-electron chi connectivity index (χ1n) is 11.9. The Morgan fingerprint density at radius 1 is 1.12 bits per heavy atom. The minimum absolute atomic E-state index is 0.0323. The van der Waals surface area contributed by atoms with Crippen molar-refractivity contribution in [2.45, 2.75) is 39.5 Å². The monoisotopic (exact) mass is 476 g/mol. The molecule has 1 atom stereocenters. The van der Waals surface area contributed by atoms with Crippen molar-refractivity contribution in [3.8, 4) is 10.6 Å². The van der Waals surface area contributed by atoms with Crippen molar-refractivity contribution in [2.75, 3.05) is 25.0 Å². The van der Waals surface area contributed by atoms with Crippen LogP contribution in [0.1, 0.15) is 54.2 Å². The maximum atomic E-state index is 13.1. The Kier molecular flexibility index (Phi) is 7.63. The number of thiazole rings is 1. The smallest absolute Gasteiger partial charge is 0.319 e. The summed E-state index contributed by atoms with van der Waals surface area (Å²) in [7, 11) is 0. The first kappa shape index (κ1) is 24.0. The molecule has 1 aliphatic heterocycles. The predicted molar refractivity (Wildman–Crippen MR) is 138 cm³/mol. The first-order valence-corrected chi connectivity index (χ1v) is 12.7. The number of urea groups is 1. The molecule has 0 radical (unpaired) electrons. The van der Waals surface area contributed by atoms with E-state index in [1.165, 1.54) is 16.9 Å². The van der Waals surface area contributed by atoms with E-state index in [9.17, 15) is 9.59 Å². The number of hydrogen-bond acceptors (Lipinski definition) is 4.